The van der Waals surface area contributed by atoms with Crippen molar-refractivity contribution in [2.75, 3.05) is 0 Å². The van der Waals surface area contributed by atoms with Gasteiger partial charge < -0.3 is 5.32 Å². The summed E-state index contributed by atoms with van der Waals surface area (Å²) in [5.41, 5.74) is 1.20. The van der Waals surface area contributed by atoms with Crippen LogP contribution >= 0.6 is 0 Å². The third-order valence-corrected chi connectivity index (χ3v) is 2.64. The second-order valence-corrected chi connectivity index (χ2v) is 3.97. The molecule has 0 spiro atoms. The maximum absolute atomic E-state index is 13.4. The first-order valence-electron chi connectivity index (χ1n) is 5.60. The van der Waals surface area contributed by atoms with E-state index in [-0.39, 0.29) is 6.04 Å². The van der Waals surface area contributed by atoms with E-state index in [9.17, 15) is 8.78 Å². The quantitative estimate of drug-likeness (QED) is 0.905. The highest BCUT2D eigenvalue weighted by molar-refractivity contribution is 5.18. The lowest BCUT2D eigenvalue weighted by atomic mass is 10.2. The van der Waals surface area contributed by atoms with Crippen molar-refractivity contribution in [1.82, 2.24) is 15.3 Å². The van der Waals surface area contributed by atoms with Crippen molar-refractivity contribution in [3.63, 3.8) is 0 Å². The van der Waals surface area contributed by atoms with Gasteiger partial charge in [-0.2, -0.15) is 0 Å². The van der Waals surface area contributed by atoms with Gasteiger partial charge in [-0.05, 0) is 13.0 Å². The minimum atomic E-state index is -0.571. The van der Waals surface area contributed by atoms with Crippen LogP contribution in [0.15, 0.2) is 36.8 Å². The number of nitrogens with zero attached hydrogens (tertiary/aromatic N) is 2. The summed E-state index contributed by atoms with van der Waals surface area (Å²) in [6.07, 6.45) is 4.85. The molecule has 1 heterocycles. The Bertz CT molecular complexity index is 517. The standard InChI is InChI=1S/C13H13F2N3/c1-9(13-8-16-4-5-17-13)18-7-10-2-3-11(14)6-12(10)15/h2-6,8-9,18H,7H2,1H3. The SMILES string of the molecule is CC(NCc1ccc(F)cc1F)c1cnccn1. The fourth-order valence-electron chi connectivity index (χ4n) is 1.57. The van der Waals surface area contributed by atoms with E-state index in [1.807, 2.05) is 6.92 Å². The molecule has 0 aliphatic heterocycles. The van der Waals surface area contributed by atoms with Gasteiger partial charge in [0.1, 0.15) is 11.6 Å². The smallest absolute Gasteiger partial charge is 0.130 e. The molecule has 1 N–H and O–H groups in total. The number of rotatable bonds is 4. The molecule has 0 amide bonds. The number of hydrogen-bond acceptors (Lipinski definition) is 3. The Kier molecular flexibility index (Phi) is 3.94. The minimum Gasteiger partial charge on any atom is -0.305 e. The van der Waals surface area contributed by atoms with Crippen molar-refractivity contribution in [3.8, 4) is 0 Å². The largest absolute Gasteiger partial charge is 0.305 e. The molecule has 1 unspecified atom stereocenters. The Labute approximate surface area is 104 Å². The van der Waals surface area contributed by atoms with Crippen molar-refractivity contribution in [2.24, 2.45) is 0 Å². The lowest BCUT2D eigenvalue weighted by Gasteiger charge is -2.13. The molecule has 2 rings (SSSR count). The molecule has 0 saturated carbocycles. The number of nitrogens with one attached hydrogen (secondary N) is 1. The first-order valence-corrected chi connectivity index (χ1v) is 5.60. The maximum atomic E-state index is 13.4. The van der Waals surface area contributed by atoms with Crippen LogP contribution in [0, 0.1) is 11.6 Å². The zero-order valence-corrected chi connectivity index (χ0v) is 9.90. The summed E-state index contributed by atoms with van der Waals surface area (Å²) in [7, 11) is 0. The lowest BCUT2D eigenvalue weighted by molar-refractivity contribution is 0.526. The predicted octanol–water partition coefficient (Wildman–Crippen LogP) is 2.61. The van der Waals surface area contributed by atoms with Gasteiger partial charge in [-0.1, -0.05) is 6.07 Å². The van der Waals surface area contributed by atoms with Crippen LogP contribution < -0.4 is 5.32 Å². The van der Waals surface area contributed by atoms with Gasteiger partial charge in [-0.25, -0.2) is 8.78 Å². The van der Waals surface area contributed by atoms with Crippen molar-refractivity contribution in [3.05, 3.63) is 59.7 Å². The van der Waals surface area contributed by atoms with Crippen LogP contribution in [0.5, 0.6) is 0 Å². The van der Waals surface area contributed by atoms with Gasteiger partial charge in [0, 0.05) is 42.8 Å². The molecule has 0 radical (unpaired) electrons. The summed E-state index contributed by atoms with van der Waals surface area (Å²) in [5.74, 6) is -1.12. The molecule has 1 atom stereocenters. The van der Waals surface area contributed by atoms with E-state index in [4.69, 9.17) is 0 Å². The molecule has 18 heavy (non-hydrogen) atoms. The van der Waals surface area contributed by atoms with Gasteiger partial charge in [0.25, 0.3) is 0 Å². The predicted molar refractivity (Wildman–Crippen MR) is 63.6 cm³/mol. The van der Waals surface area contributed by atoms with Gasteiger partial charge in [0.05, 0.1) is 5.69 Å². The van der Waals surface area contributed by atoms with Crippen LogP contribution in [0.25, 0.3) is 0 Å². The monoisotopic (exact) mass is 249 g/mol. The minimum absolute atomic E-state index is 0.0526. The first-order chi connectivity index (χ1) is 8.66. The molecule has 0 saturated heterocycles. The summed E-state index contributed by atoms with van der Waals surface area (Å²) in [6.45, 7) is 2.22. The van der Waals surface area contributed by atoms with Gasteiger partial charge in [0.15, 0.2) is 0 Å². The molecular weight excluding hydrogens is 236 g/mol. The fraction of sp³-hybridized carbons (Fsp3) is 0.231. The van der Waals surface area contributed by atoms with Crippen molar-refractivity contribution < 1.29 is 8.78 Å². The van der Waals surface area contributed by atoms with Crippen LogP contribution in [0.1, 0.15) is 24.2 Å². The molecule has 2 aromatic rings. The van der Waals surface area contributed by atoms with Gasteiger partial charge in [-0.15, -0.1) is 0 Å². The average Bonchev–Trinajstić information content (AvgIpc) is 2.38. The highest BCUT2D eigenvalue weighted by Gasteiger charge is 2.08. The molecular formula is C13H13F2N3. The van der Waals surface area contributed by atoms with Crippen molar-refractivity contribution in [1.29, 1.82) is 0 Å². The number of aromatic nitrogens is 2. The van der Waals surface area contributed by atoms with Crippen molar-refractivity contribution in [2.45, 2.75) is 19.5 Å². The lowest BCUT2D eigenvalue weighted by Crippen LogP contribution is -2.19. The number of benzene rings is 1. The fourth-order valence-corrected chi connectivity index (χ4v) is 1.57. The van der Waals surface area contributed by atoms with E-state index in [2.05, 4.69) is 15.3 Å². The normalized spacial score (nSPS) is 12.4. The highest BCUT2D eigenvalue weighted by atomic mass is 19.1. The third-order valence-electron chi connectivity index (χ3n) is 2.64. The summed E-state index contributed by atoms with van der Waals surface area (Å²) in [6, 6.07) is 3.50. The van der Waals surface area contributed by atoms with Crippen LogP contribution in [0.2, 0.25) is 0 Å². The maximum Gasteiger partial charge on any atom is 0.130 e. The van der Waals surface area contributed by atoms with E-state index in [1.54, 1.807) is 18.6 Å². The Hall–Kier alpha value is -1.88. The van der Waals surface area contributed by atoms with E-state index >= 15 is 0 Å². The Morgan fingerprint density at radius 3 is 2.78 bits per heavy atom. The Balaban J connectivity index is 1.99. The Morgan fingerprint density at radius 1 is 1.28 bits per heavy atom. The molecule has 0 bridgehead atoms. The van der Waals surface area contributed by atoms with Crippen molar-refractivity contribution >= 4 is 0 Å². The van der Waals surface area contributed by atoms with Crippen LogP contribution in [-0.4, -0.2) is 9.97 Å². The van der Waals surface area contributed by atoms with Gasteiger partial charge >= 0.3 is 0 Å². The van der Waals surface area contributed by atoms with Gasteiger partial charge in [0.2, 0.25) is 0 Å². The molecule has 5 heteroatoms. The Morgan fingerprint density at radius 2 is 2.11 bits per heavy atom. The van der Waals surface area contributed by atoms with Crippen LogP contribution in [-0.2, 0) is 6.54 Å². The molecule has 94 valence electrons. The second kappa shape index (κ2) is 5.64. The molecule has 0 aliphatic carbocycles. The summed E-state index contributed by atoms with van der Waals surface area (Å²) in [5, 5.41) is 3.11. The molecule has 3 nitrogen and oxygen atoms in total. The zero-order valence-electron chi connectivity index (χ0n) is 9.90. The summed E-state index contributed by atoms with van der Waals surface area (Å²) >= 11 is 0. The van der Waals surface area contributed by atoms with Gasteiger partial charge in [-0.3, -0.25) is 9.97 Å². The average molecular weight is 249 g/mol. The van der Waals surface area contributed by atoms with E-state index in [0.717, 1.165) is 11.8 Å². The molecule has 1 aromatic carbocycles. The topological polar surface area (TPSA) is 37.8 Å². The van der Waals surface area contributed by atoms with E-state index in [1.165, 1.54) is 12.1 Å². The number of hydrogen-bond donors (Lipinski definition) is 1. The second-order valence-electron chi connectivity index (χ2n) is 3.97. The summed E-state index contributed by atoms with van der Waals surface area (Å²) in [4.78, 5) is 8.11. The summed E-state index contributed by atoms with van der Waals surface area (Å²) < 4.78 is 26.1. The first kappa shape index (κ1) is 12.6. The van der Waals surface area contributed by atoms with E-state index < -0.39 is 11.6 Å². The van der Waals surface area contributed by atoms with Crippen LogP contribution in [0.4, 0.5) is 8.78 Å². The van der Waals surface area contributed by atoms with E-state index in [0.29, 0.717) is 12.1 Å². The third kappa shape index (κ3) is 3.07. The zero-order chi connectivity index (χ0) is 13.0. The molecule has 0 aliphatic rings. The molecule has 0 fully saturated rings. The molecule has 1 aromatic heterocycles. The highest BCUT2D eigenvalue weighted by Crippen LogP contribution is 2.12. The number of halogens is 2. The van der Waals surface area contributed by atoms with Crippen LogP contribution in [0.3, 0.4) is 0 Å².